The molecule has 0 aliphatic carbocycles. The summed E-state index contributed by atoms with van der Waals surface area (Å²) in [5.41, 5.74) is 4.26. The highest BCUT2D eigenvalue weighted by atomic mass is 16.7. The number of nitrogens with zero attached hydrogens (tertiary/aromatic N) is 2. The van der Waals surface area contributed by atoms with E-state index in [9.17, 15) is 4.79 Å². The molecule has 2 aromatic carbocycles. The molecule has 2 N–H and O–H groups in total. The van der Waals surface area contributed by atoms with Crippen molar-refractivity contribution in [2.45, 2.75) is 27.3 Å². The molecule has 2 heterocycles. The molecule has 0 unspecified atom stereocenters. The molecule has 3 aromatic rings. The highest BCUT2D eigenvalue weighted by molar-refractivity contribution is 6.03. The molecule has 0 spiro atoms. The van der Waals surface area contributed by atoms with Gasteiger partial charge in [0.15, 0.2) is 11.5 Å². The maximum Gasteiger partial charge on any atom is 0.274 e. The van der Waals surface area contributed by atoms with Crippen LogP contribution in [0.4, 0.5) is 11.5 Å². The van der Waals surface area contributed by atoms with Crippen molar-refractivity contribution in [1.29, 1.82) is 0 Å². The number of aryl methyl sites for hydroxylation is 3. The van der Waals surface area contributed by atoms with Crippen molar-refractivity contribution in [2.24, 2.45) is 0 Å². The van der Waals surface area contributed by atoms with Crippen LogP contribution in [0.5, 0.6) is 11.5 Å². The Morgan fingerprint density at radius 1 is 0.966 bits per heavy atom. The Hall–Kier alpha value is -3.61. The number of hydrogen-bond donors (Lipinski definition) is 2. The van der Waals surface area contributed by atoms with Gasteiger partial charge in [0.2, 0.25) is 6.79 Å². The number of hydrogen-bond acceptors (Lipinski definition) is 6. The second-order valence-electron chi connectivity index (χ2n) is 7.06. The number of nitrogens with one attached hydrogen (secondary N) is 2. The summed E-state index contributed by atoms with van der Waals surface area (Å²) >= 11 is 0. The topological polar surface area (TPSA) is 85.4 Å². The smallest absolute Gasteiger partial charge is 0.274 e. The van der Waals surface area contributed by atoms with Crippen molar-refractivity contribution >= 4 is 17.4 Å². The zero-order valence-corrected chi connectivity index (χ0v) is 16.6. The van der Waals surface area contributed by atoms with E-state index in [-0.39, 0.29) is 12.7 Å². The van der Waals surface area contributed by atoms with Crippen molar-refractivity contribution in [1.82, 2.24) is 9.97 Å². The summed E-state index contributed by atoms with van der Waals surface area (Å²) in [4.78, 5) is 21.3. The van der Waals surface area contributed by atoms with E-state index < -0.39 is 0 Å². The lowest BCUT2D eigenvalue weighted by Gasteiger charge is -2.10. The van der Waals surface area contributed by atoms with Crippen LogP contribution in [0.25, 0.3) is 0 Å². The summed E-state index contributed by atoms with van der Waals surface area (Å²) in [6.07, 6.45) is 0. The summed E-state index contributed by atoms with van der Waals surface area (Å²) in [5, 5.41) is 6.15. The molecule has 1 amide bonds. The van der Waals surface area contributed by atoms with Gasteiger partial charge in [-0.1, -0.05) is 12.1 Å². The average molecular weight is 390 g/mol. The van der Waals surface area contributed by atoms with Gasteiger partial charge < -0.3 is 20.1 Å². The molecule has 148 valence electrons. The van der Waals surface area contributed by atoms with Gasteiger partial charge in [-0.2, -0.15) is 0 Å². The molecule has 0 saturated carbocycles. The van der Waals surface area contributed by atoms with Gasteiger partial charge in [-0.15, -0.1) is 0 Å². The molecule has 0 fully saturated rings. The van der Waals surface area contributed by atoms with Crippen molar-refractivity contribution in [3.63, 3.8) is 0 Å². The second-order valence-corrected chi connectivity index (χ2v) is 7.06. The largest absolute Gasteiger partial charge is 0.454 e. The number of carbonyl (C=O) groups is 1. The highest BCUT2D eigenvalue weighted by Gasteiger charge is 2.14. The zero-order chi connectivity index (χ0) is 20.4. The lowest BCUT2D eigenvalue weighted by Crippen LogP contribution is -2.16. The Kier molecular flexibility index (Phi) is 5.03. The molecule has 0 atom stereocenters. The Morgan fingerprint density at radius 2 is 1.72 bits per heavy atom. The molecule has 0 radical (unpaired) electrons. The van der Waals surface area contributed by atoms with E-state index in [0.29, 0.717) is 23.9 Å². The number of benzene rings is 2. The third kappa shape index (κ3) is 4.45. The number of carbonyl (C=O) groups excluding carboxylic acids is 1. The third-order valence-corrected chi connectivity index (χ3v) is 4.46. The van der Waals surface area contributed by atoms with Crippen molar-refractivity contribution in [2.75, 3.05) is 17.4 Å². The minimum absolute atomic E-state index is 0.246. The number of anilines is 2. The lowest BCUT2D eigenvalue weighted by atomic mass is 10.1. The Balaban J connectivity index is 1.47. The number of aromatic nitrogens is 2. The fraction of sp³-hybridized carbons (Fsp3) is 0.227. The van der Waals surface area contributed by atoms with Gasteiger partial charge in [0.05, 0.1) is 0 Å². The van der Waals surface area contributed by atoms with Crippen LogP contribution in [0.15, 0.2) is 42.5 Å². The quantitative estimate of drug-likeness (QED) is 0.685. The van der Waals surface area contributed by atoms with Gasteiger partial charge in [0.1, 0.15) is 17.3 Å². The predicted molar refractivity (Wildman–Crippen MR) is 111 cm³/mol. The van der Waals surface area contributed by atoms with E-state index in [1.54, 1.807) is 13.0 Å². The molecule has 1 aromatic heterocycles. The average Bonchev–Trinajstić information content (AvgIpc) is 3.13. The molecule has 4 rings (SSSR count). The maximum atomic E-state index is 12.7. The van der Waals surface area contributed by atoms with Gasteiger partial charge in [0, 0.05) is 18.3 Å². The fourth-order valence-corrected chi connectivity index (χ4v) is 3.26. The van der Waals surface area contributed by atoms with E-state index in [1.165, 1.54) is 0 Å². The van der Waals surface area contributed by atoms with Crippen LogP contribution >= 0.6 is 0 Å². The summed E-state index contributed by atoms with van der Waals surface area (Å²) in [6.45, 7) is 6.53. The van der Waals surface area contributed by atoms with Crippen LogP contribution in [0.2, 0.25) is 0 Å². The minimum atomic E-state index is -0.272. The highest BCUT2D eigenvalue weighted by Crippen LogP contribution is 2.32. The molecular weight excluding hydrogens is 368 g/mol. The maximum absolute atomic E-state index is 12.7. The van der Waals surface area contributed by atoms with Gasteiger partial charge in [0.25, 0.3) is 5.91 Å². The standard InChI is InChI=1S/C22H22N4O3/c1-13-6-14(2)8-17(7-13)26-22(27)18-10-21(25-15(3)24-18)23-11-16-4-5-19-20(9-16)29-12-28-19/h4-10H,11-12H2,1-3H3,(H,26,27)(H,23,24,25). The van der Waals surface area contributed by atoms with Crippen molar-refractivity contribution in [3.05, 3.63) is 70.7 Å². The first-order chi connectivity index (χ1) is 14.0. The van der Waals surface area contributed by atoms with Crippen LogP contribution in [0, 0.1) is 20.8 Å². The van der Waals surface area contributed by atoms with E-state index in [4.69, 9.17) is 9.47 Å². The van der Waals surface area contributed by atoms with E-state index in [2.05, 4.69) is 26.7 Å². The van der Waals surface area contributed by atoms with E-state index in [1.807, 2.05) is 44.2 Å². The zero-order valence-electron chi connectivity index (χ0n) is 16.6. The predicted octanol–water partition coefficient (Wildman–Crippen LogP) is 3.99. The number of rotatable bonds is 5. The number of ether oxygens (including phenoxy) is 2. The van der Waals surface area contributed by atoms with Crippen LogP contribution in [-0.2, 0) is 6.54 Å². The fourth-order valence-electron chi connectivity index (χ4n) is 3.26. The Bertz CT molecular complexity index is 1060. The van der Waals surface area contributed by atoms with E-state index in [0.717, 1.165) is 33.9 Å². The van der Waals surface area contributed by atoms with Gasteiger partial charge in [-0.25, -0.2) is 9.97 Å². The van der Waals surface area contributed by atoms with Crippen LogP contribution < -0.4 is 20.1 Å². The molecule has 7 nitrogen and oxygen atoms in total. The Labute approximate surface area is 169 Å². The molecule has 7 heteroatoms. The normalized spacial score (nSPS) is 12.0. The summed E-state index contributed by atoms with van der Waals surface area (Å²) < 4.78 is 10.7. The van der Waals surface area contributed by atoms with E-state index >= 15 is 0 Å². The first-order valence-electron chi connectivity index (χ1n) is 9.34. The van der Waals surface area contributed by atoms with Gasteiger partial charge >= 0.3 is 0 Å². The molecule has 1 aliphatic rings. The van der Waals surface area contributed by atoms with Gasteiger partial charge in [-0.05, 0) is 61.7 Å². The molecule has 1 aliphatic heterocycles. The molecular formula is C22H22N4O3. The molecule has 0 saturated heterocycles. The summed E-state index contributed by atoms with van der Waals surface area (Å²) in [6, 6.07) is 13.3. The monoisotopic (exact) mass is 390 g/mol. The summed E-state index contributed by atoms with van der Waals surface area (Å²) in [5.74, 6) is 2.31. The number of amides is 1. The van der Waals surface area contributed by atoms with Crippen molar-refractivity contribution in [3.8, 4) is 11.5 Å². The van der Waals surface area contributed by atoms with Crippen LogP contribution in [0.1, 0.15) is 33.0 Å². The Morgan fingerprint density at radius 3 is 2.52 bits per heavy atom. The first-order valence-corrected chi connectivity index (χ1v) is 9.34. The van der Waals surface area contributed by atoms with Crippen LogP contribution in [0.3, 0.4) is 0 Å². The first kappa shape index (κ1) is 18.7. The van der Waals surface area contributed by atoms with Crippen LogP contribution in [-0.4, -0.2) is 22.7 Å². The lowest BCUT2D eigenvalue weighted by molar-refractivity contribution is 0.102. The van der Waals surface area contributed by atoms with Gasteiger partial charge in [-0.3, -0.25) is 4.79 Å². The second kappa shape index (κ2) is 7.79. The molecule has 29 heavy (non-hydrogen) atoms. The molecule has 0 bridgehead atoms. The summed E-state index contributed by atoms with van der Waals surface area (Å²) in [7, 11) is 0. The third-order valence-electron chi connectivity index (χ3n) is 4.46. The SMILES string of the molecule is Cc1cc(C)cc(NC(=O)c2cc(NCc3ccc4c(c3)OCO4)nc(C)n2)c1. The number of fused-ring (bicyclic) bond motifs is 1. The minimum Gasteiger partial charge on any atom is -0.454 e. The van der Waals surface area contributed by atoms with Crippen molar-refractivity contribution < 1.29 is 14.3 Å².